The minimum Gasteiger partial charge on any atom is -0.497 e. The molecule has 0 amide bonds. The number of nitrogens with zero attached hydrogens (tertiary/aromatic N) is 2. The fourth-order valence-electron chi connectivity index (χ4n) is 4.08. The van der Waals surface area contributed by atoms with Crippen molar-refractivity contribution in [2.45, 2.75) is 24.6 Å². The molecule has 0 atom stereocenters. The number of ketones is 1. The Hall–Kier alpha value is -3.45. The highest BCUT2D eigenvalue weighted by molar-refractivity contribution is 7.93. The number of rotatable bonds is 8. The molecule has 1 aliphatic rings. The van der Waals surface area contributed by atoms with Gasteiger partial charge in [0.2, 0.25) is 0 Å². The van der Waals surface area contributed by atoms with E-state index in [-0.39, 0.29) is 10.9 Å². The lowest BCUT2D eigenvalue weighted by Crippen LogP contribution is -2.21. The lowest BCUT2D eigenvalue weighted by Gasteiger charge is -2.12. The summed E-state index contributed by atoms with van der Waals surface area (Å²) in [6.07, 6.45) is 1.30. The average Bonchev–Trinajstić information content (AvgIpc) is 3.63. The number of hydrogen-bond donors (Lipinski definition) is 0. The van der Waals surface area contributed by atoms with Crippen LogP contribution < -0.4 is 4.74 Å². The Morgan fingerprint density at radius 2 is 1.82 bits per heavy atom. The second-order valence-electron chi connectivity index (χ2n) is 8.35. The molecule has 6 nitrogen and oxygen atoms in total. The van der Waals surface area contributed by atoms with Gasteiger partial charge in [0, 0.05) is 16.6 Å². The zero-order valence-corrected chi connectivity index (χ0v) is 19.1. The van der Waals surface area contributed by atoms with E-state index >= 15 is 0 Å². The van der Waals surface area contributed by atoms with Crippen LogP contribution in [0.2, 0.25) is 0 Å². The minimum absolute atomic E-state index is 0.191. The average molecular weight is 461 g/mol. The number of hydrogen-bond acceptors (Lipinski definition) is 5. The first-order valence-electron chi connectivity index (χ1n) is 10.9. The third-order valence-electron chi connectivity index (χ3n) is 5.96. The molecule has 5 rings (SSSR count). The second kappa shape index (κ2) is 8.48. The molecule has 2 aromatic carbocycles. The SMILES string of the molecule is COc1ccc2c(c1)cc(-c1ccccc1)n2Cc1cccc(C(=O)CS(=O)(=O)C2CC2)n1. The molecule has 4 aromatic rings. The number of methoxy groups -OCH3 is 1. The Morgan fingerprint density at radius 3 is 2.55 bits per heavy atom. The molecule has 168 valence electrons. The molecular formula is C26H24N2O4S. The van der Waals surface area contributed by atoms with Crippen molar-refractivity contribution in [3.8, 4) is 17.0 Å². The Balaban J connectivity index is 1.51. The van der Waals surface area contributed by atoms with Gasteiger partial charge in [0.15, 0.2) is 15.6 Å². The van der Waals surface area contributed by atoms with Crippen LogP contribution in [0.3, 0.4) is 0 Å². The second-order valence-corrected chi connectivity index (χ2v) is 10.6. The van der Waals surface area contributed by atoms with Crippen molar-refractivity contribution in [1.29, 1.82) is 0 Å². The van der Waals surface area contributed by atoms with Gasteiger partial charge in [-0.25, -0.2) is 13.4 Å². The lowest BCUT2D eigenvalue weighted by atomic mass is 10.1. The fourth-order valence-corrected chi connectivity index (χ4v) is 5.68. The van der Waals surface area contributed by atoms with Crippen LogP contribution in [0.4, 0.5) is 0 Å². The molecule has 2 heterocycles. The van der Waals surface area contributed by atoms with Crippen molar-refractivity contribution in [2.75, 3.05) is 12.9 Å². The molecule has 0 spiro atoms. The molecule has 2 aromatic heterocycles. The lowest BCUT2D eigenvalue weighted by molar-refractivity contribution is 0.101. The molecule has 1 fully saturated rings. The first kappa shape index (κ1) is 21.4. The van der Waals surface area contributed by atoms with Gasteiger partial charge in [-0.05, 0) is 54.8 Å². The first-order valence-corrected chi connectivity index (χ1v) is 12.6. The van der Waals surface area contributed by atoms with E-state index in [0.29, 0.717) is 25.1 Å². The van der Waals surface area contributed by atoms with Crippen LogP contribution in [0.1, 0.15) is 29.0 Å². The maximum absolute atomic E-state index is 12.7. The van der Waals surface area contributed by atoms with Gasteiger partial charge in [0.1, 0.15) is 17.2 Å². The van der Waals surface area contributed by atoms with Crippen LogP contribution >= 0.6 is 0 Å². The van der Waals surface area contributed by atoms with Gasteiger partial charge < -0.3 is 9.30 Å². The van der Waals surface area contributed by atoms with E-state index in [4.69, 9.17) is 4.74 Å². The van der Waals surface area contributed by atoms with Gasteiger partial charge in [-0.15, -0.1) is 0 Å². The quantitative estimate of drug-likeness (QED) is 0.361. The number of carbonyl (C=O) groups excluding carboxylic acids is 1. The van der Waals surface area contributed by atoms with Crippen molar-refractivity contribution in [2.24, 2.45) is 0 Å². The Morgan fingerprint density at radius 1 is 1.03 bits per heavy atom. The zero-order valence-electron chi connectivity index (χ0n) is 18.3. The van der Waals surface area contributed by atoms with E-state index in [9.17, 15) is 13.2 Å². The number of pyridine rings is 1. The highest BCUT2D eigenvalue weighted by Crippen LogP contribution is 2.32. The molecule has 0 N–H and O–H groups in total. The fraction of sp³-hybridized carbons (Fsp3) is 0.231. The number of benzene rings is 2. The summed E-state index contributed by atoms with van der Waals surface area (Å²) in [5, 5.41) is 0.678. The molecule has 1 saturated carbocycles. The highest BCUT2D eigenvalue weighted by atomic mass is 32.2. The van der Waals surface area contributed by atoms with Crippen LogP contribution in [0.15, 0.2) is 72.8 Å². The highest BCUT2D eigenvalue weighted by Gasteiger charge is 2.37. The van der Waals surface area contributed by atoms with Crippen molar-refractivity contribution in [3.05, 3.63) is 84.2 Å². The van der Waals surface area contributed by atoms with Gasteiger partial charge in [-0.1, -0.05) is 36.4 Å². The van der Waals surface area contributed by atoms with Crippen molar-refractivity contribution >= 4 is 26.5 Å². The van der Waals surface area contributed by atoms with Crippen molar-refractivity contribution < 1.29 is 17.9 Å². The van der Waals surface area contributed by atoms with Crippen molar-refractivity contribution in [3.63, 3.8) is 0 Å². The summed E-state index contributed by atoms with van der Waals surface area (Å²) in [5.41, 5.74) is 3.99. The summed E-state index contributed by atoms with van der Waals surface area (Å²) in [6.45, 7) is 0.441. The maximum atomic E-state index is 12.7. The summed E-state index contributed by atoms with van der Waals surface area (Å²) >= 11 is 0. The van der Waals surface area contributed by atoms with Crippen LogP contribution in [-0.4, -0.2) is 41.9 Å². The molecule has 0 radical (unpaired) electrons. The third-order valence-corrected chi connectivity index (χ3v) is 8.11. The zero-order chi connectivity index (χ0) is 23.0. The van der Waals surface area contributed by atoms with Gasteiger partial charge >= 0.3 is 0 Å². The van der Waals surface area contributed by atoms with Gasteiger partial charge in [0.05, 0.1) is 24.6 Å². The molecule has 7 heteroatoms. The number of Topliss-reactive ketones (excluding diaryl/α,β-unsaturated/α-hetero) is 1. The molecule has 0 saturated heterocycles. The Kier molecular flexibility index (Phi) is 5.50. The van der Waals surface area contributed by atoms with E-state index in [2.05, 4.69) is 27.8 Å². The number of ether oxygens (including phenoxy) is 1. The largest absolute Gasteiger partial charge is 0.497 e. The summed E-state index contributed by atoms with van der Waals surface area (Å²) in [6, 6.07) is 23.3. The minimum atomic E-state index is -3.38. The third kappa shape index (κ3) is 4.41. The number of sulfone groups is 1. The van der Waals surface area contributed by atoms with Crippen LogP contribution in [-0.2, 0) is 16.4 Å². The summed E-state index contributed by atoms with van der Waals surface area (Å²) < 4.78 is 32.1. The molecular weight excluding hydrogens is 436 g/mol. The Labute approximate surface area is 192 Å². The Bertz CT molecular complexity index is 1440. The van der Waals surface area contributed by atoms with E-state index in [1.807, 2.05) is 42.5 Å². The van der Waals surface area contributed by atoms with E-state index in [1.54, 1.807) is 19.2 Å². The van der Waals surface area contributed by atoms with Crippen LogP contribution in [0.5, 0.6) is 5.75 Å². The summed E-state index contributed by atoms with van der Waals surface area (Å²) in [7, 11) is -1.74. The van der Waals surface area contributed by atoms with Gasteiger partial charge in [-0.2, -0.15) is 0 Å². The molecule has 0 aliphatic heterocycles. The molecule has 0 bridgehead atoms. The van der Waals surface area contributed by atoms with E-state index in [1.165, 1.54) is 0 Å². The summed E-state index contributed by atoms with van der Waals surface area (Å²) in [5.74, 6) is -0.147. The standard InChI is InChI=1S/C26H24N2O4S/c1-32-21-10-13-24-19(14-21)15-25(18-6-3-2-4-7-18)28(24)16-20-8-5-9-23(27-20)26(29)17-33(30,31)22-11-12-22/h2-10,13-15,22H,11-12,16-17H2,1H3. The predicted octanol–water partition coefficient (Wildman–Crippen LogP) is 4.52. The van der Waals surface area contributed by atoms with Gasteiger partial charge in [0.25, 0.3) is 0 Å². The predicted molar refractivity (Wildman–Crippen MR) is 128 cm³/mol. The number of aromatic nitrogens is 2. The smallest absolute Gasteiger partial charge is 0.196 e. The van der Waals surface area contributed by atoms with E-state index < -0.39 is 21.4 Å². The number of carbonyl (C=O) groups is 1. The monoisotopic (exact) mass is 460 g/mol. The summed E-state index contributed by atoms with van der Waals surface area (Å²) in [4.78, 5) is 17.2. The molecule has 1 aliphatic carbocycles. The van der Waals surface area contributed by atoms with Crippen molar-refractivity contribution in [1.82, 2.24) is 9.55 Å². The number of fused-ring (bicyclic) bond motifs is 1. The van der Waals surface area contributed by atoms with Crippen LogP contribution in [0.25, 0.3) is 22.2 Å². The van der Waals surface area contributed by atoms with Gasteiger partial charge in [-0.3, -0.25) is 4.79 Å². The topological polar surface area (TPSA) is 78.3 Å². The van der Waals surface area contributed by atoms with E-state index in [0.717, 1.165) is 27.9 Å². The maximum Gasteiger partial charge on any atom is 0.196 e. The normalized spacial score (nSPS) is 13.8. The molecule has 0 unspecified atom stereocenters. The first-order chi connectivity index (χ1) is 15.9. The van der Waals surface area contributed by atoms with Crippen LogP contribution in [0, 0.1) is 0 Å². The molecule has 33 heavy (non-hydrogen) atoms.